The molecule has 0 aliphatic heterocycles. The molecule has 0 bridgehead atoms. The van der Waals surface area contributed by atoms with E-state index in [1.807, 2.05) is 24.3 Å². The molecule has 5 nitrogen and oxygen atoms in total. The van der Waals surface area contributed by atoms with Gasteiger partial charge in [-0.25, -0.2) is 4.98 Å². The Labute approximate surface area is 122 Å². The minimum Gasteiger partial charge on any atom is -0.468 e. The molecule has 1 N–H and O–H groups in total. The molecule has 1 aromatic carbocycles. The van der Waals surface area contributed by atoms with Crippen LogP contribution in [0.25, 0.3) is 0 Å². The molecule has 0 aliphatic carbocycles. The first-order valence-corrected chi connectivity index (χ1v) is 6.60. The zero-order valence-corrected chi connectivity index (χ0v) is 12.1. The molecule has 2 rings (SSSR count). The van der Waals surface area contributed by atoms with Crippen LogP contribution in [-0.4, -0.2) is 23.2 Å². The SMILES string of the molecule is COc1nc(C)cc(=O)n1CCNc1cccc(Cl)c1. The monoisotopic (exact) mass is 293 g/mol. The summed E-state index contributed by atoms with van der Waals surface area (Å²) >= 11 is 5.91. The van der Waals surface area contributed by atoms with Crippen LogP contribution in [0.3, 0.4) is 0 Å². The highest BCUT2D eigenvalue weighted by atomic mass is 35.5. The van der Waals surface area contributed by atoms with Crippen LogP contribution < -0.4 is 15.6 Å². The van der Waals surface area contributed by atoms with Crippen LogP contribution in [-0.2, 0) is 6.54 Å². The summed E-state index contributed by atoms with van der Waals surface area (Å²) in [6, 6.07) is 9.23. The maximum atomic E-state index is 11.9. The third kappa shape index (κ3) is 3.51. The van der Waals surface area contributed by atoms with Gasteiger partial charge in [-0.1, -0.05) is 17.7 Å². The van der Waals surface area contributed by atoms with Crippen molar-refractivity contribution < 1.29 is 4.74 Å². The molecule has 0 saturated heterocycles. The number of ether oxygens (including phenoxy) is 1. The van der Waals surface area contributed by atoms with Gasteiger partial charge in [0.25, 0.3) is 11.6 Å². The molecule has 1 heterocycles. The van der Waals surface area contributed by atoms with Crippen LogP contribution in [0.15, 0.2) is 35.1 Å². The van der Waals surface area contributed by atoms with Crippen LogP contribution in [0.2, 0.25) is 5.02 Å². The number of halogens is 1. The first-order chi connectivity index (χ1) is 9.60. The predicted octanol–water partition coefficient (Wildman–Crippen LogP) is 2.33. The van der Waals surface area contributed by atoms with Gasteiger partial charge in [0.2, 0.25) is 0 Å². The zero-order valence-electron chi connectivity index (χ0n) is 11.4. The van der Waals surface area contributed by atoms with Gasteiger partial charge in [-0.15, -0.1) is 0 Å². The molecule has 0 unspecified atom stereocenters. The fourth-order valence-corrected chi connectivity index (χ4v) is 2.06. The molecule has 0 fully saturated rings. The molecule has 1 aromatic heterocycles. The quantitative estimate of drug-likeness (QED) is 0.919. The Hall–Kier alpha value is -2.01. The van der Waals surface area contributed by atoms with Crippen molar-refractivity contribution in [2.45, 2.75) is 13.5 Å². The van der Waals surface area contributed by atoms with Crippen LogP contribution in [0.4, 0.5) is 5.69 Å². The number of anilines is 1. The van der Waals surface area contributed by atoms with Gasteiger partial charge < -0.3 is 10.1 Å². The third-order valence-corrected chi connectivity index (χ3v) is 3.01. The maximum absolute atomic E-state index is 11.9. The maximum Gasteiger partial charge on any atom is 0.299 e. The zero-order chi connectivity index (χ0) is 14.5. The molecular weight excluding hydrogens is 278 g/mol. The lowest BCUT2D eigenvalue weighted by atomic mass is 10.3. The smallest absolute Gasteiger partial charge is 0.299 e. The van der Waals surface area contributed by atoms with Gasteiger partial charge in [0.1, 0.15) is 0 Å². The molecule has 0 spiro atoms. The van der Waals surface area contributed by atoms with E-state index >= 15 is 0 Å². The highest BCUT2D eigenvalue weighted by Crippen LogP contribution is 2.14. The average molecular weight is 294 g/mol. The van der Waals surface area contributed by atoms with Crippen LogP contribution in [0.5, 0.6) is 6.01 Å². The van der Waals surface area contributed by atoms with Crippen molar-refractivity contribution in [1.82, 2.24) is 9.55 Å². The van der Waals surface area contributed by atoms with Gasteiger partial charge >= 0.3 is 0 Å². The second kappa shape index (κ2) is 6.43. The van der Waals surface area contributed by atoms with Crippen molar-refractivity contribution in [3.05, 3.63) is 51.4 Å². The molecule has 0 radical (unpaired) electrons. The Kier molecular flexibility index (Phi) is 4.63. The fourth-order valence-electron chi connectivity index (χ4n) is 1.87. The summed E-state index contributed by atoms with van der Waals surface area (Å²) in [6.07, 6.45) is 0. The highest BCUT2D eigenvalue weighted by molar-refractivity contribution is 6.30. The second-order valence-electron chi connectivity index (χ2n) is 4.31. The number of benzene rings is 1. The number of nitrogens with one attached hydrogen (secondary N) is 1. The first kappa shape index (κ1) is 14.4. The average Bonchev–Trinajstić information content (AvgIpc) is 2.40. The molecule has 0 aliphatic rings. The van der Waals surface area contributed by atoms with Gasteiger partial charge in [0.05, 0.1) is 7.11 Å². The summed E-state index contributed by atoms with van der Waals surface area (Å²) in [4.78, 5) is 16.1. The van der Waals surface area contributed by atoms with Crippen molar-refractivity contribution in [2.75, 3.05) is 19.0 Å². The van der Waals surface area contributed by atoms with Gasteiger partial charge in [-0.05, 0) is 25.1 Å². The van der Waals surface area contributed by atoms with E-state index in [4.69, 9.17) is 16.3 Å². The van der Waals surface area contributed by atoms with E-state index in [0.717, 1.165) is 5.69 Å². The molecule has 6 heteroatoms. The van der Waals surface area contributed by atoms with Crippen molar-refractivity contribution >= 4 is 17.3 Å². The lowest BCUT2D eigenvalue weighted by molar-refractivity contribution is 0.346. The Bertz CT molecular complexity index is 655. The minimum atomic E-state index is -0.123. The number of rotatable bonds is 5. The fraction of sp³-hybridized carbons (Fsp3) is 0.286. The van der Waals surface area contributed by atoms with Crippen LogP contribution in [0.1, 0.15) is 5.69 Å². The normalized spacial score (nSPS) is 10.3. The van der Waals surface area contributed by atoms with E-state index < -0.39 is 0 Å². The van der Waals surface area contributed by atoms with E-state index in [1.165, 1.54) is 17.7 Å². The van der Waals surface area contributed by atoms with E-state index in [0.29, 0.717) is 29.8 Å². The number of nitrogens with zero attached hydrogens (tertiary/aromatic N) is 2. The Morgan fingerprint density at radius 2 is 2.20 bits per heavy atom. The molecule has 20 heavy (non-hydrogen) atoms. The summed E-state index contributed by atoms with van der Waals surface area (Å²) < 4.78 is 6.62. The molecule has 0 saturated carbocycles. The van der Waals surface area contributed by atoms with Crippen LogP contribution in [0, 0.1) is 6.92 Å². The van der Waals surface area contributed by atoms with Crippen molar-refractivity contribution in [3.63, 3.8) is 0 Å². The van der Waals surface area contributed by atoms with E-state index in [9.17, 15) is 4.79 Å². The lowest BCUT2D eigenvalue weighted by Gasteiger charge is -2.12. The van der Waals surface area contributed by atoms with Gasteiger partial charge in [-0.2, -0.15) is 0 Å². The van der Waals surface area contributed by atoms with E-state index in [-0.39, 0.29) is 5.56 Å². The van der Waals surface area contributed by atoms with Crippen LogP contribution >= 0.6 is 11.6 Å². The molecule has 106 valence electrons. The van der Waals surface area contributed by atoms with E-state index in [1.54, 1.807) is 6.92 Å². The summed E-state index contributed by atoms with van der Waals surface area (Å²) in [5, 5.41) is 3.87. The lowest BCUT2D eigenvalue weighted by Crippen LogP contribution is -2.25. The summed E-state index contributed by atoms with van der Waals surface area (Å²) in [5.74, 6) is 0. The number of methoxy groups -OCH3 is 1. The standard InChI is InChI=1S/C14H16ClN3O2/c1-10-8-13(19)18(14(17-10)20-2)7-6-16-12-5-3-4-11(15)9-12/h3-5,8-9,16H,6-7H2,1-2H3. The Morgan fingerprint density at radius 1 is 1.40 bits per heavy atom. The number of hydrogen-bond acceptors (Lipinski definition) is 4. The highest BCUT2D eigenvalue weighted by Gasteiger charge is 2.06. The van der Waals surface area contributed by atoms with Crippen molar-refractivity contribution in [1.29, 1.82) is 0 Å². The predicted molar refractivity (Wildman–Crippen MR) is 79.7 cm³/mol. The molecule has 2 aromatic rings. The van der Waals surface area contributed by atoms with Crippen molar-refractivity contribution in [3.8, 4) is 6.01 Å². The topological polar surface area (TPSA) is 56.1 Å². The minimum absolute atomic E-state index is 0.123. The van der Waals surface area contributed by atoms with Gasteiger partial charge in [0.15, 0.2) is 0 Å². The third-order valence-electron chi connectivity index (χ3n) is 2.77. The van der Waals surface area contributed by atoms with Crippen molar-refractivity contribution in [2.24, 2.45) is 0 Å². The largest absolute Gasteiger partial charge is 0.468 e. The number of aromatic nitrogens is 2. The summed E-state index contributed by atoms with van der Waals surface area (Å²) in [7, 11) is 1.50. The Morgan fingerprint density at radius 3 is 2.90 bits per heavy atom. The summed E-state index contributed by atoms with van der Waals surface area (Å²) in [6.45, 7) is 2.79. The van der Waals surface area contributed by atoms with E-state index in [2.05, 4.69) is 10.3 Å². The van der Waals surface area contributed by atoms with Gasteiger partial charge in [-0.3, -0.25) is 9.36 Å². The number of hydrogen-bond donors (Lipinski definition) is 1. The molecule has 0 amide bonds. The van der Waals surface area contributed by atoms with Gasteiger partial charge in [0, 0.05) is 35.6 Å². The molecular formula is C14H16ClN3O2. The summed E-state index contributed by atoms with van der Waals surface area (Å²) in [5.41, 5.74) is 1.43. The second-order valence-corrected chi connectivity index (χ2v) is 4.75. The Balaban J connectivity index is 2.06. The first-order valence-electron chi connectivity index (χ1n) is 6.22. The number of aryl methyl sites for hydroxylation is 1. The molecule has 0 atom stereocenters.